The molecule has 3 heterocycles. The molecule has 0 unspecified atom stereocenters. The van der Waals surface area contributed by atoms with E-state index in [0.29, 0.717) is 0 Å². The lowest BCUT2D eigenvalue weighted by Crippen LogP contribution is -2.99. The molecule has 0 aromatic heterocycles. The number of hydrogen-bond donors (Lipinski definition) is 2. The Morgan fingerprint density at radius 2 is 1.90 bits per heavy atom. The van der Waals surface area contributed by atoms with E-state index in [1.54, 1.807) is 16.7 Å². The number of nitrogens with two attached hydrogens (primary N) is 1. The number of anilines is 1. The molecule has 4 atom stereocenters. The molecule has 1 spiro atoms. The molecular formula is C23H30N3O3S+. The molecular weight excluding hydrogens is 398 g/mol. The van der Waals surface area contributed by atoms with E-state index in [4.69, 9.17) is 0 Å². The van der Waals surface area contributed by atoms with Gasteiger partial charge in [0.2, 0.25) is 17.4 Å². The highest BCUT2D eigenvalue weighted by molar-refractivity contribution is 7.98. The van der Waals surface area contributed by atoms with Crippen molar-refractivity contribution in [3.05, 3.63) is 28.8 Å². The minimum absolute atomic E-state index is 0.0111. The largest absolute Gasteiger partial charge is 0.326 e. The maximum absolute atomic E-state index is 13.8. The smallest absolute Gasteiger partial charge is 0.291 e. The van der Waals surface area contributed by atoms with Crippen LogP contribution in [-0.2, 0) is 19.9 Å². The third kappa shape index (κ3) is 2.57. The summed E-state index contributed by atoms with van der Waals surface area (Å²) in [4.78, 5) is 42.5. The van der Waals surface area contributed by atoms with Gasteiger partial charge >= 0.3 is 0 Å². The van der Waals surface area contributed by atoms with Crippen molar-refractivity contribution >= 4 is 35.2 Å². The molecule has 7 heteroatoms. The lowest BCUT2D eigenvalue weighted by Gasteiger charge is -2.29. The Morgan fingerprint density at radius 1 is 1.17 bits per heavy atom. The monoisotopic (exact) mass is 428 g/mol. The van der Waals surface area contributed by atoms with E-state index in [1.807, 2.05) is 19.9 Å². The van der Waals surface area contributed by atoms with Crippen molar-refractivity contribution in [2.45, 2.75) is 63.6 Å². The molecule has 3 fully saturated rings. The fourth-order valence-electron chi connectivity index (χ4n) is 6.48. The molecule has 3 aliphatic heterocycles. The summed E-state index contributed by atoms with van der Waals surface area (Å²) in [6.07, 6.45) is 6.78. The summed E-state index contributed by atoms with van der Waals surface area (Å²) in [6.45, 7) is 4.02. The second-order valence-corrected chi connectivity index (χ2v) is 10.4. The van der Waals surface area contributed by atoms with Crippen molar-refractivity contribution in [2.75, 3.05) is 17.3 Å². The van der Waals surface area contributed by atoms with E-state index in [2.05, 4.69) is 23.0 Å². The number of carbonyl (C=O) groups is 3. The molecule has 6 nitrogen and oxygen atoms in total. The highest BCUT2D eigenvalue weighted by Crippen LogP contribution is 2.51. The number of hydrogen-bond acceptors (Lipinski definition) is 4. The second kappa shape index (κ2) is 7.09. The van der Waals surface area contributed by atoms with Crippen LogP contribution in [0.4, 0.5) is 5.69 Å². The normalized spacial score (nSPS) is 33.0. The molecule has 1 saturated carbocycles. The first-order valence-electron chi connectivity index (χ1n) is 11.0. The molecule has 5 rings (SSSR count). The molecule has 3 N–H and O–H groups in total. The van der Waals surface area contributed by atoms with Crippen LogP contribution in [0.1, 0.15) is 48.8 Å². The predicted octanol–water partition coefficient (Wildman–Crippen LogP) is 1.69. The first kappa shape index (κ1) is 20.1. The summed E-state index contributed by atoms with van der Waals surface area (Å²) in [5.41, 5.74) is 2.77. The van der Waals surface area contributed by atoms with Crippen LogP contribution in [-0.4, -0.2) is 46.7 Å². The molecule has 0 radical (unpaired) electrons. The average molecular weight is 429 g/mol. The fourth-order valence-corrected chi connectivity index (χ4v) is 6.99. The quantitative estimate of drug-likeness (QED) is 0.715. The number of rotatable bonds is 4. The van der Waals surface area contributed by atoms with Gasteiger partial charge in [-0.15, -0.1) is 0 Å². The van der Waals surface area contributed by atoms with Crippen LogP contribution in [0.3, 0.4) is 0 Å². The van der Waals surface area contributed by atoms with Crippen LogP contribution in [0.15, 0.2) is 12.1 Å². The summed E-state index contributed by atoms with van der Waals surface area (Å²) in [6, 6.07) is 4.06. The van der Waals surface area contributed by atoms with E-state index in [1.165, 1.54) is 0 Å². The van der Waals surface area contributed by atoms with Crippen LogP contribution in [0, 0.1) is 25.7 Å². The van der Waals surface area contributed by atoms with Gasteiger partial charge in [-0.1, -0.05) is 24.5 Å². The summed E-state index contributed by atoms with van der Waals surface area (Å²) < 4.78 is 0. The van der Waals surface area contributed by atoms with Gasteiger partial charge in [-0.05, 0) is 50.3 Å². The van der Waals surface area contributed by atoms with Crippen LogP contribution < -0.4 is 10.6 Å². The maximum atomic E-state index is 13.8. The number of nitrogens with zero attached hydrogens (tertiary/aromatic N) is 1. The van der Waals surface area contributed by atoms with Gasteiger partial charge in [0.05, 0.1) is 5.69 Å². The maximum Gasteiger partial charge on any atom is 0.291 e. The molecule has 3 amide bonds. The zero-order chi connectivity index (χ0) is 21.2. The van der Waals surface area contributed by atoms with E-state index < -0.39 is 17.4 Å². The van der Waals surface area contributed by atoms with Crippen LogP contribution in [0.5, 0.6) is 0 Å². The molecule has 160 valence electrons. The van der Waals surface area contributed by atoms with Gasteiger partial charge in [0, 0.05) is 18.0 Å². The predicted molar refractivity (Wildman–Crippen MR) is 116 cm³/mol. The summed E-state index contributed by atoms with van der Waals surface area (Å²) >= 11 is 1.74. The zero-order valence-electron chi connectivity index (χ0n) is 17.9. The van der Waals surface area contributed by atoms with E-state index in [9.17, 15) is 14.4 Å². The van der Waals surface area contributed by atoms with Crippen molar-refractivity contribution in [3.63, 3.8) is 0 Å². The molecule has 1 aliphatic carbocycles. The molecule has 4 aliphatic rings. The number of amides is 3. The number of imide groups is 1. The van der Waals surface area contributed by atoms with Crippen LogP contribution in [0.25, 0.3) is 0 Å². The van der Waals surface area contributed by atoms with Gasteiger partial charge in [0.1, 0.15) is 17.9 Å². The third-order valence-corrected chi connectivity index (χ3v) is 8.34. The molecule has 0 bridgehead atoms. The van der Waals surface area contributed by atoms with Gasteiger partial charge in [0.15, 0.2) is 0 Å². The summed E-state index contributed by atoms with van der Waals surface area (Å²) in [7, 11) is 0. The topological polar surface area (TPSA) is 83.1 Å². The highest BCUT2D eigenvalue weighted by Gasteiger charge is 2.74. The van der Waals surface area contributed by atoms with Crippen molar-refractivity contribution in [1.29, 1.82) is 0 Å². The standard InChI is InChI=1S/C23H29N3O3S/c1-12-10-13(2)19-15(11-12)23(22(29)24-19)18-17(16(25-23)8-9-30-3)20(27)26(21(18)28)14-6-4-5-7-14/h10-11,14,16-18,25H,4-9H2,1-3H3,(H,24,29)/p+1/t16-,17-,18+,23+/m1/s1. The van der Waals surface area contributed by atoms with Crippen LogP contribution in [0.2, 0.25) is 0 Å². The number of thioether (sulfide) groups is 1. The highest BCUT2D eigenvalue weighted by atomic mass is 32.2. The zero-order valence-corrected chi connectivity index (χ0v) is 18.7. The fraction of sp³-hybridized carbons (Fsp3) is 0.609. The van der Waals surface area contributed by atoms with Crippen molar-refractivity contribution < 1.29 is 19.7 Å². The molecule has 1 aromatic rings. The van der Waals surface area contributed by atoms with Crippen molar-refractivity contribution in [1.82, 2.24) is 4.90 Å². The van der Waals surface area contributed by atoms with Crippen molar-refractivity contribution in [2.24, 2.45) is 11.8 Å². The van der Waals surface area contributed by atoms with E-state index in [0.717, 1.165) is 60.2 Å². The lowest BCUT2D eigenvalue weighted by atomic mass is 9.76. The number of benzene rings is 1. The van der Waals surface area contributed by atoms with Gasteiger partial charge in [-0.3, -0.25) is 19.3 Å². The Hall–Kier alpha value is -1.86. The van der Waals surface area contributed by atoms with Crippen molar-refractivity contribution in [3.8, 4) is 0 Å². The van der Waals surface area contributed by atoms with Gasteiger partial charge in [-0.25, -0.2) is 0 Å². The Kier molecular flexibility index (Phi) is 4.74. The average Bonchev–Trinajstić information content (AvgIpc) is 3.44. The SMILES string of the molecule is CSCC[C@H]1[NH2+][C@]2(C(=O)Nc3c(C)cc(C)cc32)[C@@H]2C(=O)N(C3CCCC3)C(=O)[C@@H]21. The Labute approximate surface area is 181 Å². The molecule has 1 aromatic carbocycles. The lowest BCUT2D eigenvalue weighted by molar-refractivity contribution is -0.733. The summed E-state index contributed by atoms with van der Waals surface area (Å²) in [5, 5.41) is 5.15. The van der Waals surface area contributed by atoms with Crippen LogP contribution >= 0.6 is 11.8 Å². The molecule has 2 saturated heterocycles. The summed E-state index contributed by atoms with van der Waals surface area (Å²) in [5.74, 6) is -0.416. The first-order valence-corrected chi connectivity index (χ1v) is 12.4. The molecule has 30 heavy (non-hydrogen) atoms. The number of nitrogens with one attached hydrogen (secondary N) is 1. The minimum atomic E-state index is -1.03. The first-order chi connectivity index (χ1) is 14.4. The Morgan fingerprint density at radius 3 is 2.60 bits per heavy atom. The Bertz CT molecular complexity index is 942. The number of quaternary nitrogens is 1. The third-order valence-electron chi connectivity index (χ3n) is 7.70. The van der Waals surface area contributed by atoms with Gasteiger partial charge in [0.25, 0.3) is 5.91 Å². The second-order valence-electron chi connectivity index (χ2n) is 9.43. The van der Waals surface area contributed by atoms with Gasteiger partial charge in [-0.2, -0.15) is 11.8 Å². The Balaban J connectivity index is 1.65. The minimum Gasteiger partial charge on any atom is -0.326 e. The number of aryl methyl sites for hydroxylation is 2. The van der Waals surface area contributed by atoms with E-state index in [-0.39, 0.29) is 29.8 Å². The number of fused-ring (bicyclic) bond motifs is 4. The van der Waals surface area contributed by atoms with E-state index >= 15 is 0 Å². The van der Waals surface area contributed by atoms with Gasteiger partial charge < -0.3 is 10.6 Å². The number of carbonyl (C=O) groups excluding carboxylic acids is 3. The number of likely N-dealkylation sites (tertiary alicyclic amines) is 1.